The van der Waals surface area contributed by atoms with Crippen LogP contribution in [0.4, 0.5) is 5.69 Å². The molecule has 1 N–H and O–H groups in total. The lowest BCUT2D eigenvalue weighted by molar-refractivity contribution is -0.130. The van der Waals surface area contributed by atoms with E-state index in [4.69, 9.17) is 9.47 Å². The monoisotopic (exact) mass is 356 g/mol. The number of anilines is 1. The Morgan fingerprint density at radius 3 is 2.38 bits per heavy atom. The molecule has 0 saturated carbocycles. The summed E-state index contributed by atoms with van der Waals surface area (Å²) < 4.78 is 10.8. The third kappa shape index (κ3) is 6.12. The molecule has 138 valence electrons. The third-order valence-corrected chi connectivity index (χ3v) is 3.58. The van der Waals surface area contributed by atoms with Crippen molar-refractivity contribution in [3.8, 4) is 11.5 Å². The first-order chi connectivity index (χ1) is 12.5. The second kappa shape index (κ2) is 9.46. The highest BCUT2D eigenvalue weighted by Crippen LogP contribution is 2.18. The number of ether oxygens (including phenoxy) is 2. The predicted molar refractivity (Wildman–Crippen MR) is 101 cm³/mol. The first-order valence-corrected chi connectivity index (χ1v) is 8.42. The number of carbonyl (C=O) groups excluding carboxylic acids is 2. The lowest BCUT2D eigenvalue weighted by Gasteiger charge is -2.12. The van der Waals surface area contributed by atoms with Crippen LogP contribution in [0.15, 0.2) is 48.5 Å². The van der Waals surface area contributed by atoms with Crippen LogP contribution in [0.3, 0.4) is 0 Å². The van der Waals surface area contributed by atoms with Crippen LogP contribution in [-0.2, 0) is 16.0 Å². The Labute approximate surface area is 153 Å². The minimum atomic E-state index is -0.130. The van der Waals surface area contributed by atoms with E-state index in [1.54, 1.807) is 38.4 Å². The Balaban J connectivity index is 1.90. The fourth-order valence-corrected chi connectivity index (χ4v) is 2.20. The van der Waals surface area contributed by atoms with E-state index in [1.165, 1.54) is 4.90 Å². The number of nitrogens with zero attached hydrogens (tertiary/aromatic N) is 1. The lowest BCUT2D eigenvalue weighted by atomic mass is 10.1. The van der Waals surface area contributed by atoms with Gasteiger partial charge in [-0.1, -0.05) is 18.2 Å². The molecule has 26 heavy (non-hydrogen) atoms. The van der Waals surface area contributed by atoms with Crippen molar-refractivity contribution in [2.75, 3.05) is 32.6 Å². The van der Waals surface area contributed by atoms with E-state index in [0.717, 1.165) is 11.3 Å². The largest absolute Gasteiger partial charge is 0.494 e. The van der Waals surface area contributed by atoms with E-state index in [-0.39, 0.29) is 24.8 Å². The highest BCUT2D eigenvalue weighted by molar-refractivity contribution is 5.92. The van der Waals surface area contributed by atoms with Crippen LogP contribution in [-0.4, -0.2) is 44.0 Å². The topological polar surface area (TPSA) is 67.9 Å². The number of likely N-dealkylation sites (N-methyl/N-ethyl adjacent to an activating group) is 1. The van der Waals surface area contributed by atoms with E-state index in [9.17, 15) is 9.59 Å². The van der Waals surface area contributed by atoms with Crippen LogP contribution in [0.2, 0.25) is 0 Å². The van der Waals surface area contributed by atoms with Crippen LogP contribution < -0.4 is 14.8 Å². The summed E-state index contributed by atoms with van der Waals surface area (Å²) >= 11 is 0. The number of amides is 2. The number of rotatable bonds is 8. The number of hydrogen-bond acceptors (Lipinski definition) is 4. The Bertz CT molecular complexity index is 742. The molecule has 0 atom stereocenters. The van der Waals surface area contributed by atoms with Gasteiger partial charge in [-0.25, -0.2) is 0 Å². The maximum Gasteiger partial charge on any atom is 0.259 e. The van der Waals surface area contributed by atoms with Crippen LogP contribution in [0.25, 0.3) is 0 Å². The Morgan fingerprint density at radius 2 is 1.73 bits per heavy atom. The van der Waals surface area contributed by atoms with Gasteiger partial charge >= 0.3 is 0 Å². The number of benzene rings is 2. The predicted octanol–water partition coefficient (Wildman–Crippen LogP) is 2.73. The summed E-state index contributed by atoms with van der Waals surface area (Å²) in [4.78, 5) is 25.2. The highest BCUT2D eigenvalue weighted by Gasteiger charge is 2.08. The van der Waals surface area contributed by atoms with Gasteiger partial charge in [0.15, 0.2) is 6.61 Å². The van der Waals surface area contributed by atoms with Gasteiger partial charge < -0.3 is 19.7 Å². The van der Waals surface area contributed by atoms with Crippen molar-refractivity contribution in [1.29, 1.82) is 0 Å². The zero-order valence-corrected chi connectivity index (χ0v) is 15.3. The minimum absolute atomic E-state index is 0.0451. The zero-order chi connectivity index (χ0) is 18.9. The fourth-order valence-electron chi connectivity index (χ4n) is 2.20. The van der Waals surface area contributed by atoms with Crippen LogP contribution in [0.1, 0.15) is 12.5 Å². The molecular weight excluding hydrogens is 332 g/mol. The molecule has 0 unspecified atom stereocenters. The first kappa shape index (κ1) is 19.3. The van der Waals surface area contributed by atoms with Crippen molar-refractivity contribution < 1.29 is 19.1 Å². The standard InChI is InChI=1S/C20H24N2O4/c1-4-25-17-10-8-15(9-11-17)12-19(23)21-16-6-5-7-18(13-16)26-14-20(24)22(2)3/h5-11,13H,4,12,14H2,1-3H3,(H,21,23). The second-order valence-corrected chi connectivity index (χ2v) is 5.91. The summed E-state index contributed by atoms with van der Waals surface area (Å²) in [6.07, 6.45) is 0.261. The van der Waals surface area contributed by atoms with Gasteiger partial charge in [0.2, 0.25) is 5.91 Å². The molecule has 2 rings (SSSR count). The van der Waals surface area contributed by atoms with Gasteiger partial charge in [0.25, 0.3) is 5.91 Å². The molecular formula is C20H24N2O4. The van der Waals surface area contributed by atoms with Crippen molar-refractivity contribution in [3.05, 3.63) is 54.1 Å². The van der Waals surface area contributed by atoms with E-state index in [1.807, 2.05) is 31.2 Å². The van der Waals surface area contributed by atoms with Crippen molar-refractivity contribution in [3.63, 3.8) is 0 Å². The zero-order valence-electron chi connectivity index (χ0n) is 15.3. The second-order valence-electron chi connectivity index (χ2n) is 5.91. The third-order valence-electron chi connectivity index (χ3n) is 3.58. The summed E-state index contributed by atoms with van der Waals surface area (Å²) in [6, 6.07) is 14.4. The van der Waals surface area contributed by atoms with Gasteiger partial charge in [0, 0.05) is 25.8 Å². The summed E-state index contributed by atoms with van der Waals surface area (Å²) in [7, 11) is 3.34. The van der Waals surface area contributed by atoms with E-state index < -0.39 is 0 Å². The summed E-state index contributed by atoms with van der Waals surface area (Å²) in [5.41, 5.74) is 1.52. The summed E-state index contributed by atoms with van der Waals surface area (Å²) in [5, 5.41) is 2.84. The molecule has 0 fully saturated rings. The van der Waals surface area contributed by atoms with Crippen molar-refractivity contribution in [1.82, 2.24) is 4.90 Å². The maximum absolute atomic E-state index is 12.2. The van der Waals surface area contributed by atoms with E-state index >= 15 is 0 Å². The quantitative estimate of drug-likeness (QED) is 0.790. The molecule has 2 aromatic rings. The average molecular weight is 356 g/mol. The molecule has 6 heteroatoms. The molecule has 0 radical (unpaired) electrons. The van der Waals surface area contributed by atoms with Crippen LogP contribution in [0, 0.1) is 0 Å². The Morgan fingerprint density at radius 1 is 1.00 bits per heavy atom. The van der Waals surface area contributed by atoms with Gasteiger partial charge in [-0.2, -0.15) is 0 Å². The SMILES string of the molecule is CCOc1ccc(CC(=O)Nc2cccc(OCC(=O)N(C)C)c2)cc1. The summed E-state index contributed by atoms with van der Waals surface area (Å²) in [6.45, 7) is 2.49. The smallest absolute Gasteiger partial charge is 0.259 e. The van der Waals surface area contributed by atoms with Gasteiger partial charge in [-0.15, -0.1) is 0 Å². The molecule has 0 bridgehead atoms. The number of nitrogens with one attached hydrogen (secondary N) is 1. The van der Waals surface area contributed by atoms with Crippen molar-refractivity contribution >= 4 is 17.5 Å². The van der Waals surface area contributed by atoms with Crippen molar-refractivity contribution in [2.24, 2.45) is 0 Å². The molecule has 0 aromatic heterocycles. The van der Waals surface area contributed by atoms with Crippen molar-refractivity contribution in [2.45, 2.75) is 13.3 Å². The average Bonchev–Trinajstić information content (AvgIpc) is 2.61. The Kier molecular flexibility index (Phi) is 7.02. The minimum Gasteiger partial charge on any atom is -0.494 e. The molecule has 6 nitrogen and oxygen atoms in total. The normalized spacial score (nSPS) is 10.1. The van der Waals surface area contributed by atoms with Crippen LogP contribution >= 0.6 is 0 Å². The Hall–Kier alpha value is -3.02. The number of hydrogen-bond donors (Lipinski definition) is 1. The molecule has 0 heterocycles. The molecule has 0 aliphatic rings. The molecule has 0 saturated heterocycles. The van der Waals surface area contributed by atoms with Crippen LogP contribution in [0.5, 0.6) is 11.5 Å². The van der Waals surface area contributed by atoms with E-state index in [2.05, 4.69) is 5.32 Å². The van der Waals surface area contributed by atoms with E-state index in [0.29, 0.717) is 18.0 Å². The van der Waals surface area contributed by atoms with Gasteiger partial charge in [0.1, 0.15) is 11.5 Å². The molecule has 2 amide bonds. The van der Waals surface area contributed by atoms with Gasteiger partial charge in [-0.05, 0) is 36.8 Å². The molecule has 2 aromatic carbocycles. The van der Waals surface area contributed by atoms with Gasteiger partial charge in [0.05, 0.1) is 13.0 Å². The highest BCUT2D eigenvalue weighted by atomic mass is 16.5. The summed E-state index contributed by atoms with van der Waals surface area (Å²) in [5.74, 6) is 1.05. The maximum atomic E-state index is 12.2. The molecule has 0 aliphatic carbocycles. The fraction of sp³-hybridized carbons (Fsp3) is 0.300. The molecule has 0 spiro atoms. The number of carbonyl (C=O) groups is 2. The lowest BCUT2D eigenvalue weighted by Crippen LogP contribution is -2.27. The molecule has 0 aliphatic heterocycles. The van der Waals surface area contributed by atoms with Gasteiger partial charge in [-0.3, -0.25) is 9.59 Å². The first-order valence-electron chi connectivity index (χ1n) is 8.42.